The number of hydrogen-bond acceptors (Lipinski definition) is 5. The Bertz CT molecular complexity index is 1150. The van der Waals surface area contributed by atoms with Crippen molar-refractivity contribution in [1.29, 1.82) is 0 Å². The SMILES string of the molecule is COCc1c(C(=O)NC2CCN(C(=O)Cc3ccccc3OC)CC2)sc2cccc(F)c12. The standard InChI is InChI=1S/C25H27FN2O4S/c1-31-15-18-23-19(26)7-5-9-21(23)33-24(18)25(30)27-17-10-12-28(13-11-17)22(29)14-16-6-3-4-8-20(16)32-2/h3-9,17H,10-15H2,1-2H3,(H,27,30). The van der Waals surface area contributed by atoms with E-state index in [-0.39, 0.29) is 36.7 Å². The number of piperidine rings is 1. The Morgan fingerprint density at radius 2 is 1.88 bits per heavy atom. The van der Waals surface area contributed by atoms with Crippen molar-refractivity contribution >= 4 is 33.2 Å². The predicted octanol–water partition coefficient (Wildman–Crippen LogP) is 4.16. The summed E-state index contributed by atoms with van der Waals surface area (Å²) in [6.45, 7) is 1.31. The average Bonchev–Trinajstić information content (AvgIpc) is 3.20. The second kappa shape index (κ2) is 10.3. The summed E-state index contributed by atoms with van der Waals surface area (Å²) in [5.74, 6) is 0.185. The molecule has 0 spiro atoms. The van der Waals surface area contributed by atoms with Crippen LogP contribution in [0.25, 0.3) is 10.1 Å². The number of fused-ring (bicyclic) bond motifs is 1. The number of likely N-dealkylation sites (tertiary alicyclic amines) is 1. The molecular weight excluding hydrogens is 443 g/mol. The lowest BCUT2D eigenvalue weighted by Crippen LogP contribution is -2.47. The van der Waals surface area contributed by atoms with E-state index in [1.807, 2.05) is 35.2 Å². The first-order chi connectivity index (χ1) is 16.0. The molecule has 0 bridgehead atoms. The molecule has 1 saturated heterocycles. The summed E-state index contributed by atoms with van der Waals surface area (Å²) in [6, 6.07) is 12.3. The third-order valence-corrected chi connectivity index (χ3v) is 7.17. The third-order valence-electron chi connectivity index (χ3n) is 5.98. The smallest absolute Gasteiger partial charge is 0.261 e. The van der Waals surface area contributed by atoms with Crippen LogP contribution in [0.3, 0.4) is 0 Å². The van der Waals surface area contributed by atoms with Crippen LogP contribution < -0.4 is 10.1 Å². The Balaban J connectivity index is 1.38. The lowest BCUT2D eigenvalue weighted by molar-refractivity contribution is -0.131. The van der Waals surface area contributed by atoms with Crippen LogP contribution in [-0.4, -0.2) is 50.1 Å². The summed E-state index contributed by atoms with van der Waals surface area (Å²) >= 11 is 1.28. The van der Waals surface area contributed by atoms with Gasteiger partial charge < -0.3 is 19.7 Å². The molecule has 1 aromatic heterocycles. The van der Waals surface area contributed by atoms with E-state index in [4.69, 9.17) is 9.47 Å². The molecule has 1 aliphatic heterocycles. The van der Waals surface area contributed by atoms with Gasteiger partial charge in [0.25, 0.3) is 5.91 Å². The number of carbonyl (C=O) groups is 2. The maximum absolute atomic E-state index is 14.4. The van der Waals surface area contributed by atoms with E-state index in [0.717, 1.165) is 10.3 Å². The zero-order valence-corrected chi connectivity index (χ0v) is 19.5. The average molecular weight is 471 g/mol. The number of carbonyl (C=O) groups excluding carboxylic acids is 2. The maximum Gasteiger partial charge on any atom is 0.261 e. The third kappa shape index (κ3) is 5.02. The van der Waals surface area contributed by atoms with Crippen LogP contribution in [-0.2, 0) is 22.6 Å². The van der Waals surface area contributed by atoms with Crippen LogP contribution in [0.5, 0.6) is 5.75 Å². The minimum atomic E-state index is -0.350. The number of benzene rings is 2. The van der Waals surface area contributed by atoms with E-state index in [9.17, 15) is 14.0 Å². The maximum atomic E-state index is 14.4. The Labute approximate surface area is 196 Å². The molecule has 0 aliphatic carbocycles. The van der Waals surface area contributed by atoms with Gasteiger partial charge in [0.15, 0.2) is 0 Å². The molecule has 174 valence electrons. The number of amides is 2. The second-order valence-corrected chi connectivity index (χ2v) is 9.13. The number of thiophene rings is 1. The van der Waals surface area contributed by atoms with Gasteiger partial charge in [-0.2, -0.15) is 0 Å². The normalized spacial score (nSPS) is 14.5. The van der Waals surface area contributed by atoms with Crippen LogP contribution in [0.2, 0.25) is 0 Å². The molecule has 0 radical (unpaired) electrons. The highest BCUT2D eigenvalue weighted by molar-refractivity contribution is 7.21. The molecule has 1 aliphatic rings. The predicted molar refractivity (Wildman–Crippen MR) is 126 cm³/mol. The second-order valence-electron chi connectivity index (χ2n) is 8.07. The fourth-order valence-corrected chi connectivity index (χ4v) is 5.41. The van der Waals surface area contributed by atoms with Gasteiger partial charge >= 0.3 is 0 Å². The molecule has 2 amide bonds. The van der Waals surface area contributed by atoms with E-state index < -0.39 is 0 Å². The number of nitrogens with one attached hydrogen (secondary N) is 1. The molecule has 33 heavy (non-hydrogen) atoms. The highest BCUT2D eigenvalue weighted by Crippen LogP contribution is 2.34. The molecule has 0 unspecified atom stereocenters. The van der Waals surface area contributed by atoms with E-state index in [0.29, 0.717) is 47.5 Å². The minimum Gasteiger partial charge on any atom is -0.496 e. The summed E-state index contributed by atoms with van der Waals surface area (Å²) in [4.78, 5) is 28.1. The molecule has 0 atom stereocenters. The van der Waals surface area contributed by atoms with Crippen molar-refractivity contribution in [2.45, 2.75) is 31.9 Å². The largest absolute Gasteiger partial charge is 0.496 e. The molecular formula is C25H27FN2O4S. The van der Waals surface area contributed by atoms with Crippen molar-refractivity contribution in [2.24, 2.45) is 0 Å². The van der Waals surface area contributed by atoms with Gasteiger partial charge in [0.2, 0.25) is 5.91 Å². The van der Waals surface area contributed by atoms with E-state index in [1.165, 1.54) is 24.5 Å². The lowest BCUT2D eigenvalue weighted by atomic mass is 10.0. The molecule has 2 heterocycles. The molecule has 4 rings (SSSR count). The first kappa shape index (κ1) is 23.2. The number of methoxy groups -OCH3 is 2. The lowest BCUT2D eigenvalue weighted by Gasteiger charge is -2.32. The summed E-state index contributed by atoms with van der Waals surface area (Å²) in [6.07, 6.45) is 1.62. The van der Waals surface area contributed by atoms with Crippen molar-refractivity contribution in [1.82, 2.24) is 10.2 Å². The number of nitrogens with zero attached hydrogens (tertiary/aromatic N) is 1. The fraction of sp³-hybridized carbons (Fsp3) is 0.360. The molecule has 2 aromatic carbocycles. The van der Waals surface area contributed by atoms with Crippen LogP contribution in [0.4, 0.5) is 4.39 Å². The van der Waals surface area contributed by atoms with Crippen LogP contribution in [0.15, 0.2) is 42.5 Å². The molecule has 0 saturated carbocycles. The van der Waals surface area contributed by atoms with E-state index >= 15 is 0 Å². The fourth-order valence-electron chi connectivity index (χ4n) is 4.28. The summed E-state index contributed by atoms with van der Waals surface area (Å²) < 4.78 is 25.7. The Kier molecular flexibility index (Phi) is 7.25. The van der Waals surface area contributed by atoms with Crippen LogP contribution >= 0.6 is 11.3 Å². The van der Waals surface area contributed by atoms with Crippen LogP contribution in [0, 0.1) is 5.82 Å². The quantitative estimate of drug-likeness (QED) is 0.563. The molecule has 8 heteroatoms. The highest BCUT2D eigenvalue weighted by atomic mass is 32.1. The van der Waals surface area contributed by atoms with Gasteiger partial charge in [-0.15, -0.1) is 11.3 Å². The zero-order chi connectivity index (χ0) is 23.4. The first-order valence-electron chi connectivity index (χ1n) is 10.9. The van der Waals surface area contributed by atoms with Gasteiger partial charge in [-0.1, -0.05) is 24.3 Å². The number of para-hydroxylation sites is 1. The topological polar surface area (TPSA) is 67.9 Å². The monoisotopic (exact) mass is 470 g/mol. The molecule has 6 nitrogen and oxygen atoms in total. The number of halogens is 1. The summed E-state index contributed by atoms with van der Waals surface area (Å²) in [5, 5.41) is 3.53. The van der Waals surface area contributed by atoms with Gasteiger partial charge in [0, 0.05) is 47.5 Å². The zero-order valence-electron chi connectivity index (χ0n) is 18.7. The highest BCUT2D eigenvalue weighted by Gasteiger charge is 2.27. The van der Waals surface area contributed by atoms with Crippen molar-refractivity contribution < 1.29 is 23.5 Å². The van der Waals surface area contributed by atoms with Crippen molar-refractivity contribution in [3.8, 4) is 5.75 Å². The van der Waals surface area contributed by atoms with Gasteiger partial charge in [0.1, 0.15) is 11.6 Å². The summed E-state index contributed by atoms with van der Waals surface area (Å²) in [7, 11) is 3.13. The van der Waals surface area contributed by atoms with Crippen molar-refractivity contribution in [2.75, 3.05) is 27.3 Å². The van der Waals surface area contributed by atoms with Crippen molar-refractivity contribution in [3.63, 3.8) is 0 Å². The van der Waals surface area contributed by atoms with Gasteiger partial charge in [-0.3, -0.25) is 9.59 Å². The van der Waals surface area contributed by atoms with E-state index in [1.54, 1.807) is 13.2 Å². The molecule has 3 aromatic rings. The van der Waals surface area contributed by atoms with E-state index in [2.05, 4.69) is 5.32 Å². The van der Waals surface area contributed by atoms with Crippen LogP contribution in [0.1, 0.15) is 33.6 Å². The minimum absolute atomic E-state index is 0.0433. The molecule has 1 fully saturated rings. The Morgan fingerprint density at radius 3 is 2.61 bits per heavy atom. The first-order valence-corrected chi connectivity index (χ1v) is 11.7. The van der Waals surface area contributed by atoms with Gasteiger partial charge in [0.05, 0.1) is 25.0 Å². The van der Waals surface area contributed by atoms with Crippen molar-refractivity contribution in [3.05, 3.63) is 64.3 Å². The molecule has 1 N–H and O–H groups in total. The van der Waals surface area contributed by atoms with Gasteiger partial charge in [-0.25, -0.2) is 4.39 Å². The number of rotatable bonds is 7. The number of hydrogen-bond donors (Lipinski definition) is 1. The Hall–Kier alpha value is -2.97. The Morgan fingerprint density at radius 1 is 1.12 bits per heavy atom. The number of ether oxygens (including phenoxy) is 2. The van der Waals surface area contributed by atoms with Gasteiger partial charge in [-0.05, 0) is 31.0 Å². The summed E-state index contributed by atoms with van der Waals surface area (Å²) in [5.41, 5.74) is 1.45.